The van der Waals surface area contributed by atoms with E-state index in [2.05, 4.69) is 21.0 Å². The molecule has 0 aliphatic heterocycles. The van der Waals surface area contributed by atoms with Crippen molar-refractivity contribution < 1.29 is 9.90 Å². The summed E-state index contributed by atoms with van der Waals surface area (Å²) in [7, 11) is 1.76. The van der Waals surface area contributed by atoms with Gasteiger partial charge in [0.25, 0.3) is 5.91 Å². The van der Waals surface area contributed by atoms with Crippen LogP contribution in [0.15, 0.2) is 10.7 Å². The second kappa shape index (κ2) is 7.22. The van der Waals surface area contributed by atoms with Gasteiger partial charge in [-0.1, -0.05) is 19.3 Å². The van der Waals surface area contributed by atoms with Gasteiger partial charge in [-0.2, -0.15) is 5.10 Å². The molecule has 1 heterocycles. The van der Waals surface area contributed by atoms with Crippen molar-refractivity contribution in [3.63, 3.8) is 0 Å². The number of aryl methyl sites for hydroxylation is 1. The number of nitrogens with zero attached hydrogens (tertiary/aromatic N) is 3. The summed E-state index contributed by atoms with van der Waals surface area (Å²) in [6, 6.07) is 0. The number of hydrogen-bond acceptors (Lipinski definition) is 3. The van der Waals surface area contributed by atoms with Gasteiger partial charge < -0.3 is 10.0 Å². The first-order valence-electron chi connectivity index (χ1n) is 7.21. The van der Waals surface area contributed by atoms with E-state index in [0.29, 0.717) is 22.6 Å². The molecule has 0 spiro atoms. The molecule has 0 radical (unpaired) electrons. The fourth-order valence-corrected chi connectivity index (χ4v) is 3.40. The number of aromatic nitrogens is 2. The second-order valence-corrected chi connectivity index (χ2v) is 6.30. The van der Waals surface area contributed by atoms with Crippen LogP contribution in [0.5, 0.6) is 0 Å². The van der Waals surface area contributed by atoms with Gasteiger partial charge >= 0.3 is 0 Å². The van der Waals surface area contributed by atoms with Crippen molar-refractivity contribution in [2.24, 2.45) is 13.0 Å². The Labute approximate surface area is 128 Å². The number of hydrogen-bond donors (Lipinski definition) is 1. The molecule has 6 heteroatoms. The normalized spacial score (nSPS) is 16.4. The standard InChI is InChI=1S/C14H22BrN3O2/c1-17-13(12(15)9-16-17)14(20)18(7-8-19)10-11-5-3-2-4-6-11/h9,11,19H,2-8,10H2,1H3. The largest absolute Gasteiger partial charge is 0.395 e. The zero-order valence-electron chi connectivity index (χ0n) is 11.9. The van der Waals surface area contributed by atoms with E-state index in [1.54, 1.807) is 22.8 Å². The summed E-state index contributed by atoms with van der Waals surface area (Å²) in [6.45, 7) is 1.11. The zero-order valence-corrected chi connectivity index (χ0v) is 13.5. The van der Waals surface area contributed by atoms with E-state index < -0.39 is 0 Å². The molecule has 1 saturated carbocycles. The summed E-state index contributed by atoms with van der Waals surface area (Å²) in [5.41, 5.74) is 0.550. The lowest BCUT2D eigenvalue weighted by Crippen LogP contribution is -2.39. The number of amides is 1. The van der Waals surface area contributed by atoms with Crippen molar-refractivity contribution in [1.82, 2.24) is 14.7 Å². The van der Waals surface area contributed by atoms with Gasteiger partial charge in [0.1, 0.15) is 5.69 Å². The highest BCUT2D eigenvalue weighted by Gasteiger charge is 2.25. The molecular formula is C14H22BrN3O2. The molecule has 5 nitrogen and oxygen atoms in total. The Morgan fingerprint density at radius 3 is 2.75 bits per heavy atom. The van der Waals surface area contributed by atoms with Crippen molar-refractivity contribution in [2.75, 3.05) is 19.7 Å². The topological polar surface area (TPSA) is 58.4 Å². The lowest BCUT2D eigenvalue weighted by Gasteiger charge is -2.29. The molecule has 1 aromatic rings. The first-order chi connectivity index (χ1) is 9.63. The third-order valence-electron chi connectivity index (χ3n) is 3.96. The lowest BCUT2D eigenvalue weighted by molar-refractivity contribution is 0.0663. The van der Waals surface area contributed by atoms with Crippen LogP contribution in [-0.4, -0.2) is 45.4 Å². The Kier molecular flexibility index (Phi) is 5.60. The quantitative estimate of drug-likeness (QED) is 0.891. The smallest absolute Gasteiger partial charge is 0.273 e. The second-order valence-electron chi connectivity index (χ2n) is 5.44. The molecule has 0 atom stereocenters. The first-order valence-corrected chi connectivity index (χ1v) is 8.00. The first kappa shape index (κ1) is 15.5. The molecular weight excluding hydrogens is 322 g/mol. The molecule has 1 amide bonds. The lowest BCUT2D eigenvalue weighted by atomic mass is 9.89. The summed E-state index contributed by atoms with van der Waals surface area (Å²) in [4.78, 5) is 14.4. The number of halogens is 1. The Hall–Kier alpha value is -0.880. The van der Waals surface area contributed by atoms with Gasteiger partial charge in [0.05, 0.1) is 17.3 Å². The van der Waals surface area contributed by atoms with Crippen LogP contribution in [0.3, 0.4) is 0 Å². The minimum atomic E-state index is -0.0588. The van der Waals surface area contributed by atoms with Crippen LogP contribution < -0.4 is 0 Å². The monoisotopic (exact) mass is 343 g/mol. The third kappa shape index (κ3) is 3.61. The van der Waals surface area contributed by atoms with E-state index in [-0.39, 0.29) is 12.5 Å². The molecule has 1 aliphatic carbocycles. The van der Waals surface area contributed by atoms with Crippen molar-refractivity contribution in [1.29, 1.82) is 0 Å². The van der Waals surface area contributed by atoms with Crippen molar-refractivity contribution >= 4 is 21.8 Å². The number of carbonyl (C=O) groups is 1. The summed E-state index contributed by atoms with van der Waals surface area (Å²) in [6.07, 6.45) is 7.80. The fraction of sp³-hybridized carbons (Fsp3) is 0.714. The highest BCUT2D eigenvalue weighted by Crippen LogP contribution is 2.25. The number of aliphatic hydroxyl groups is 1. The van der Waals surface area contributed by atoms with E-state index in [9.17, 15) is 9.90 Å². The minimum absolute atomic E-state index is 0.00602. The van der Waals surface area contributed by atoms with Crippen LogP contribution in [0, 0.1) is 5.92 Å². The molecule has 1 aromatic heterocycles. The molecule has 1 N–H and O–H groups in total. The minimum Gasteiger partial charge on any atom is -0.395 e. The van der Waals surface area contributed by atoms with Gasteiger partial charge in [-0.25, -0.2) is 0 Å². The van der Waals surface area contributed by atoms with E-state index >= 15 is 0 Å². The van der Waals surface area contributed by atoms with Crippen LogP contribution in [0.2, 0.25) is 0 Å². The fourth-order valence-electron chi connectivity index (χ4n) is 2.88. The number of aliphatic hydroxyl groups excluding tert-OH is 1. The molecule has 0 unspecified atom stereocenters. The Morgan fingerprint density at radius 2 is 2.20 bits per heavy atom. The summed E-state index contributed by atoms with van der Waals surface area (Å²) >= 11 is 3.37. The van der Waals surface area contributed by atoms with Crippen LogP contribution in [0.25, 0.3) is 0 Å². The van der Waals surface area contributed by atoms with Crippen LogP contribution in [-0.2, 0) is 7.05 Å². The molecule has 0 saturated heterocycles. The molecule has 112 valence electrons. The Morgan fingerprint density at radius 1 is 1.50 bits per heavy atom. The van der Waals surface area contributed by atoms with Gasteiger partial charge in [-0.3, -0.25) is 9.48 Å². The highest BCUT2D eigenvalue weighted by molar-refractivity contribution is 9.10. The predicted octanol–water partition coefficient (Wildman–Crippen LogP) is 2.20. The van der Waals surface area contributed by atoms with Crippen molar-refractivity contribution in [2.45, 2.75) is 32.1 Å². The van der Waals surface area contributed by atoms with E-state index in [4.69, 9.17) is 0 Å². The maximum Gasteiger partial charge on any atom is 0.273 e. The SMILES string of the molecule is Cn1ncc(Br)c1C(=O)N(CCO)CC1CCCCC1. The summed E-state index contributed by atoms with van der Waals surface area (Å²) in [5, 5.41) is 13.3. The average Bonchev–Trinajstić information content (AvgIpc) is 2.78. The van der Waals surface area contributed by atoms with Crippen molar-refractivity contribution in [3.05, 3.63) is 16.4 Å². The molecule has 20 heavy (non-hydrogen) atoms. The summed E-state index contributed by atoms with van der Waals surface area (Å²) in [5.74, 6) is 0.503. The van der Waals surface area contributed by atoms with E-state index in [1.807, 2.05) is 0 Å². The molecule has 1 fully saturated rings. The van der Waals surface area contributed by atoms with E-state index in [1.165, 1.54) is 32.1 Å². The number of rotatable bonds is 5. The van der Waals surface area contributed by atoms with Crippen LogP contribution in [0.4, 0.5) is 0 Å². The van der Waals surface area contributed by atoms with Gasteiger partial charge in [-0.05, 0) is 34.7 Å². The molecule has 2 rings (SSSR count). The Bertz CT molecular complexity index is 436. The van der Waals surface area contributed by atoms with Crippen LogP contribution in [0.1, 0.15) is 42.6 Å². The van der Waals surface area contributed by atoms with Crippen LogP contribution >= 0.6 is 15.9 Å². The van der Waals surface area contributed by atoms with E-state index in [0.717, 1.165) is 6.54 Å². The van der Waals surface area contributed by atoms with Gasteiger partial charge in [0, 0.05) is 20.1 Å². The molecule has 0 aromatic carbocycles. The summed E-state index contributed by atoms with van der Waals surface area (Å²) < 4.78 is 2.29. The van der Waals surface area contributed by atoms with Crippen molar-refractivity contribution in [3.8, 4) is 0 Å². The zero-order chi connectivity index (χ0) is 14.5. The van der Waals surface area contributed by atoms with Gasteiger partial charge in [0.2, 0.25) is 0 Å². The molecule has 0 bridgehead atoms. The maximum atomic E-state index is 12.6. The molecule has 1 aliphatic rings. The maximum absolute atomic E-state index is 12.6. The Balaban J connectivity index is 2.09. The third-order valence-corrected chi connectivity index (χ3v) is 4.54. The highest BCUT2D eigenvalue weighted by atomic mass is 79.9. The number of carbonyl (C=O) groups excluding carboxylic acids is 1. The average molecular weight is 344 g/mol. The van der Waals surface area contributed by atoms with Gasteiger partial charge in [-0.15, -0.1) is 0 Å². The van der Waals surface area contributed by atoms with Gasteiger partial charge in [0.15, 0.2) is 0 Å². The predicted molar refractivity (Wildman–Crippen MR) is 80.5 cm³/mol.